The van der Waals surface area contributed by atoms with Crippen molar-refractivity contribution in [2.75, 3.05) is 7.11 Å². The molecule has 1 heterocycles. The number of rotatable bonds is 2. The van der Waals surface area contributed by atoms with Crippen LogP contribution in [0.2, 0.25) is 0 Å². The van der Waals surface area contributed by atoms with Crippen molar-refractivity contribution in [3.63, 3.8) is 0 Å². The SMILES string of the molecule is COC(=O)/C=C/c1c[nH]c2cccc(Br)c12. The number of benzene rings is 1. The van der Waals surface area contributed by atoms with Crippen LogP contribution in [0.3, 0.4) is 0 Å². The minimum absolute atomic E-state index is 0.360. The lowest BCUT2D eigenvalue weighted by atomic mass is 10.1. The third-order valence-electron chi connectivity index (χ3n) is 2.29. The Bertz CT molecular complexity index is 557. The third-order valence-corrected chi connectivity index (χ3v) is 2.95. The van der Waals surface area contributed by atoms with E-state index in [1.54, 1.807) is 6.08 Å². The number of ether oxygens (including phenoxy) is 1. The monoisotopic (exact) mass is 279 g/mol. The number of carbonyl (C=O) groups excluding carboxylic acids is 1. The molecule has 16 heavy (non-hydrogen) atoms. The van der Waals surface area contributed by atoms with Crippen molar-refractivity contribution < 1.29 is 9.53 Å². The molecule has 0 saturated carbocycles. The summed E-state index contributed by atoms with van der Waals surface area (Å²) < 4.78 is 5.54. The molecule has 0 unspecified atom stereocenters. The highest BCUT2D eigenvalue weighted by atomic mass is 79.9. The predicted octanol–water partition coefficient (Wildman–Crippen LogP) is 3.12. The molecule has 2 rings (SSSR count). The zero-order chi connectivity index (χ0) is 11.5. The number of nitrogens with one attached hydrogen (secondary N) is 1. The summed E-state index contributed by atoms with van der Waals surface area (Å²) in [5, 5.41) is 1.06. The molecule has 82 valence electrons. The summed E-state index contributed by atoms with van der Waals surface area (Å²) in [6.45, 7) is 0. The van der Waals surface area contributed by atoms with Crippen LogP contribution in [-0.4, -0.2) is 18.1 Å². The van der Waals surface area contributed by atoms with Gasteiger partial charge in [-0.2, -0.15) is 0 Å². The number of fused-ring (bicyclic) bond motifs is 1. The Morgan fingerprint density at radius 3 is 3.06 bits per heavy atom. The molecule has 0 atom stereocenters. The second-order valence-corrected chi connectivity index (χ2v) is 4.12. The molecule has 0 aliphatic carbocycles. The minimum Gasteiger partial charge on any atom is -0.466 e. The predicted molar refractivity (Wildman–Crippen MR) is 67.0 cm³/mol. The van der Waals surface area contributed by atoms with E-state index in [0.717, 1.165) is 20.9 Å². The van der Waals surface area contributed by atoms with Crippen molar-refractivity contribution in [1.82, 2.24) is 4.98 Å². The number of hydrogen-bond donors (Lipinski definition) is 1. The zero-order valence-corrected chi connectivity index (χ0v) is 10.2. The van der Waals surface area contributed by atoms with Crippen LogP contribution in [0.15, 0.2) is 34.9 Å². The van der Waals surface area contributed by atoms with Crippen molar-refractivity contribution in [3.05, 3.63) is 40.5 Å². The largest absolute Gasteiger partial charge is 0.466 e. The first kappa shape index (κ1) is 11.0. The highest BCUT2D eigenvalue weighted by Gasteiger charge is 2.04. The van der Waals surface area contributed by atoms with E-state index in [9.17, 15) is 4.79 Å². The number of methoxy groups -OCH3 is 1. The molecule has 1 aromatic heterocycles. The van der Waals surface area contributed by atoms with E-state index in [1.807, 2.05) is 24.4 Å². The molecule has 0 amide bonds. The van der Waals surface area contributed by atoms with Crippen LogP contribution in [0.5, 0.6) is 0 Å². The van der Waals surface area contributed by atoms with Crippen LogP contribution >= 0.6 is 15.9 Å². The molecule has 0 saturated heterocycles. The Morgan fingerprint density at radius 2 is 2.31 bits per heavy atom. The molecule has 2 aromatic rings. The normalized spacial score (nSPS) is 11.1. The van der Waals surface area contributed by atoms with Gasteiger partial charge in [0.2, 0.25) is 0 Å². The standard InChI is InChI=1S/C12H10BrNO2/c1-16-11(15)6-5-8-7-14-10-4-2-3-9(13)12(8)10/h2-7,14H,1H3/b6-5+. The van der Waals surface area contributed by atoms with Gasteiger partial charge in [0.25, 0.3) is 0 Å². The number of H-pyrrole nitrogens is 1. The van der Waals surface area contributed by atoms with Crippen LogP contribution in [0.1, 0.15) is 5.56 Å². The lowest BCUT2D eigenvalue weighted by molar-refractivity contribution is -0.134. The quantitative estimate of drug-likeness (QED) is 0.678. The van der Waals surface area contributed by atoms with Gasteiger partial charge in [-0.1, -0.05) is 22.0 Å². The molecule has 1 aromatic carbocycles. The maximum absolute atomic E-state index is 11.0. The van der Waals surface area contributed by atoms with E-state index < -0.39 is 0 Å². The van der Waals surface area contributed by atoms with E-state index in [1.165, 1.54) is 13.2 Å². The van der Waals surface area contributed by atoms with Crippen molar-refractivity contribution in [3.8, 4) is 0 Å². The molecule has 4 heteroatoms. The summed E-state index contributed by atoms with van der Waals surface area (Å²) in [4.78, 5) is 14.1. The zero-order valence-electron chi connectivity index (χ0n) is 8.66. The smallest absolute Gasteiger partial charge is 0.330 e. The van der Waals surface area contributed by atoms with Gasteiger partial charge in [-0.15, -0.1) is 0 Å². The van der Waals surface area contributed by atoms with Gasteiger partial charge in [0.1, 0.15) is 0 Å². The van der Waals surface area contributed by atoms with E-state index >= 15 is 0 Å². The van der Waals surface area contributed by atoms with E-state index in [-0.39, 0.29) is 5.97 Å². The Hall–Kier alpha value is -1.55. The van der Waals surface area contributed by atoms with Gasteiger partial charge in [0, 0.05) is 33.2 Å². The molecule has 0 spiro atoms. The number of aromatic amines is 1. The summed E-state index contributed by atoms with van der Waals surface area (Å²) in [7, 11) is 1.36. The fraction of sp³-hybridized carbons (Fsp3) is 0.0833. The van der Waals surface area contributed by atoms with Crippen LogP contribution in [0.25, 0.3) is 17.0 Å². The Balaban J connectivity index is 2.46. The number of esters is 1. The topological polar surface area (TPSA) is 42.1 Å². The molecular weight excluding hydrogens is 270 g/mol. The van der Waals surface area contributed by atoms with Crippen molar-refractivity contribution >= 4 is 38.9 Å². The van der Waals surface area contributed by atoms with Gasteiger partial charge in [-0.05, 0) is 18.2 Å². The molecule has 3 nitrogen and oxygen atoms in total. The summed E-state index contributed by atoms with van der Waals surface area (Å²) in [5.41, 5.74) is 1.98. The van der Waals surface area contributed by atoms with Gasteiger partial charge < -0.3 is 9.72 Å². The van der Waals surface area contributed by atoms with E-state index in [2.05, 4.69) is 25.7 Å². The fourth-order valence-electron chi connectivity index (χ4n) is 1.52. The van der Waals surface area contributed by atoms with E-state index in [4.69, 9.17) is 0 Å². The molecule has 0 aliphatic heterocycles. The first-order valence-corrected chi connectivity index (χ1v) is 5.53. The number of carbonyl (C=O) groups is 1. The summed E-state index contributed by atoms with van der Waals surface area (Å²) >= 11 is 3.48. The van der Waals surface area contributed by atoms with E-state index in [0.29, 0.717) is 0 Å². The summed E-state index contributed by atoms with van der Waals surface area (Å²) in [6, 6.07) is 5.90. The number of hydrogen-bond acceptors (Lipinski definition) is 2. The van der Waals surface area contributed by atoms with Crippen LogP contribution in [0, 0.1) is 0 Å². The lowest BCUT2D eigenvalue weighted by Crippen LogP contribution is -1.92. The molecule has 0 radical (unpaired) electrons. The van der Waals surface area contributed by atoms with Gasteiger partial charge in [0.15, 0.2) is 0 Å². The number of aromatic nitrogens is 1. The van der Waals surface area contributed by atoms with Gasteiger partial charge >= 0.3 is 5.97 Å². The summed E-state index contributed by atoms with van der Waals surface area (Å²) in [6.07, 6.45) is 4.99. The average Bonchev–Trinajstić information content (AvgIpc) is 2.70. The van der Waals surface area contributed by atoms with Crippen molar-refractivity contribution in [1.29, 1.82) is 0 Å². The minimum atomic E-state index is -0.360. The fourth-order valence-corrected chi connectivity index (χ4v) is 2.12. The molecule has 1 N–H and O–H groups in total. The Morgan fingerprint density at radius 1 is 1.50 bits per heavy atom. The highest BCUT2D eigenvalue weighted by molar-refractivity contribution is 9.10. The van der Waals surface area contributed by atoms with Gasteiger partial charge in [0.05, 0.1) is 7.11 Å². The summed E-state index contributed by atoms with van der Waals surface area (Å²) in [5.74, 6) is -0.360. The van der Waals surface area contributed by atoms with Crippen LogP contribution < -0.4 is 0 Å². The maximum atomic E-state index is 11.0. The first-order chi connectivity index (χ1) is 7.72. The van der Waals surface area contributed by atoms with Crippen molar-refractivity contribution in [2.45, 2.75) is 0 Å². The Labute approximate surface area is 101 Å². The Kier molecular flexibility index (Phi) is 3.10. The van der Waals surface area contributed by atoms with Gasteiger partial charge in [-0.3, -0.25) is 0 Å². The van der Waals surface area contributed by atoms with Crippen LogP contribution in [0.4, 0.5) is 0 Å². The highest BCUT2D eigenvalue weighted by Crippen LogP contribution is 2.27. The number of halogens is 1. The molecular formula is C12H10BrNO2. The first-order valence-electron chi connectivity index (χ1n) is 4.74. The maximum Gasteiger partial charge on any atom is 0.330 e. The van der Waals surface area contributed by atoms with Crippen LogP contribution in [-0.2, 0) is 9.53 Å². The lowest BCUT2D eigenvalue weighted by Gasteiger charge is -1.95. The molecule has 0 bridgehead atoms. The average molecular weight is 280 g/mol. The molecule has 0 aliphatic rings. The second kappa shape index (κ2) is 4.53. The van der Waals surface area contributed by atoms with Crippen molar-refractivity contribution in [2.24, 2.45) is 0 Å². The second-order valence-electron chi connectivity index (χ2n) is 3.26. The van der Waals surface area contributed by atoms with Gasteiger partial charge in [-0.25, -0.2) is 4.79 Å². The molecule has 0 fully saturated rings. The third kappa shape index (κ3) is 2.02.